The second-order valence-corrected chi connectivity index (χ2v) is 8.46. The number of carbonyl (C=O) groups is 2. The van der Waals surface area contributed by atoms with E-state index in [1.165, 1.54) is 26.4 Å². The number of hydrogen-bond acceptors (Lipinski definition) is 7. The average molecular weight is 454 g/mol. The molecule has 0 bridgehead atoms. The number of esters is 1. The monoisotopic (exact) mass is 454 g/mol. The predicted molar refractivity (Wildman–Crippen MR) is 118 cm³/mol. The minimum Gasteiger partial charge on any atom is -0.493 e. The fraction of sp³-hybridized carbons (Fsp3) is 0.280. The third kappa shape index (κ3) is 4.16. The lowest BCUT2D eigenvalue weighted by Crippen LogP contribution is -2.26. The van der Waals surface area contributed by atoms with Crippen LogP contribution in [0.3, 0.4) is 0 Å². The maximum Gasteiger partial charge on any atom is 0.514 e. The summed E-state index contributed by atoms with van der Waals surface area (Å²) >= 11 is 0. The van der Waals surface area contributed by atoms with Crippen molar-refractivity contribution in [2.45, 2.75) is 33.0 Å². The van der Waals surface area contributed by atoms with E-state index in [4.69, 9.17) is 23.7 Å². The van der Waals surface area contributed by atoms with Gasteiger partial charge in [0.1, 0.15) is 23.8 Å². The molecule has 3 aromatic rings. The van der Waals surface area contributed by atoms with Crippen LogP contribution in [0.4, 0.5) is 9.18 Å². The van der Waals surface area contributed by atoms with E-state index in [1.807, 2.05) is 0 Å². The van der Waals surface area contributed by atoms with Gasteiger partial charge in [0.25, 0.3) is 0 Å². The molecule has 0 saturated carbocycles. The van der Waals surface area contributed by atoms with Gasteiger partial charge in [-0.25, -0.2) is 14.0 Å². The SMILES string of the molecule is COc1cc2c(OC(=O)OC(C)(C)C)c3c(c(-c4ccc(F)cc4)c2cc1OC)C(=O)OC3. The van der Waals surface area contributed by atoms with Gasteiger partial charge in [-0.05, 0) is 56.0 Å². The van der Waals surface area contributed by atoms with Crippen LogP contribution in [0, 0.1) is 5.82 Å². The van der Waals surface area contributed by atoms with E-state index in [9.17, 15) is 14.0 Å². The van der Waals surface area contributed by atoms with Crippen LogP contribution in [0.2, 0.25) is 0 Å². The Hall–Kier alpha value is -3.81. The van der Waals surface area contributed by atoms with E-state index in [-0.39, 0.29) is 17.9 Å². The molecule has 1 aliphatic heterocycles. The molecular weight excluding hydrogens is 431 g/mol. The summed E-state index contributed by atoms with van der Waals surface area (Å²) in [6, 6.07) is 9.09. The highest BCUT2D eigenvalue weighted by Crippen LogP contribution is 2.48. The van der Waals surface area contributed by atoms with Crippen molar-refractivity contribution in [3.63, 3.8) is 0 Å². The topological polar surface area (TPSA) is 80.3 Å². The minimum atomic E-state index is -0.922. The van der Waals surface area contributed by atoms with Crippen molar-refractivity contribution in [3.8, 4) is 28.4 Å². The minimum absolute atomic E-state index is 0.0925. The van der Waals surface area contributed by atoms with Gasteiger partial charge in [-0.2, -0.15) is 0 Å². The molecule has 1 heterocycles. The lowest BCUT2D eigenvalue weighted by Gasteiger charge is -2.21. The molecule has 0 aliphatic carbocycles. The van der Waals surface area contributed by atoms with Gasteiger partial charge in [-0.1, -0.05) is 12.1 Å². The van der Waals surface area contributed by atoms with Crippen LogP contribution in [0.5, 0.6) is 17.2 Å². The Balaban J connectivity index is 2.06. The van der Waals surface area contributed by atoms with Gasteiger partial charge in [0, 0.05) is 16.5 Å². The molecule has 7 nitrogen and oxygen atoms in total. The fourth-order valence-corrected chi connectivity index (χ4v) is 3.80. The molecule has 8 heteroatoms. The number of halogens is 1. The van der Waals surface area contributed by atoms with Crippen LogP contribution in [0.1, 0.15) is 36.7 Å². The second-order valence-electron chi connectivity index (χ2n) is 8.46. The summed E-state index contributed by atoms with van der Waals surface area (Å²) in [6.45, 7) is 5.06. The molecule has 4 rings (SSSR count). The maximum absolute atomic E-state index is 13.6. The third-order valence-electron chi connectivity index (χ3n) is 5.12. The predicted octanol–water partition coefficient (Wildman–Crippen LogP) is 5.65. The van der Waals surface area contributed by atoms with Crippen molar-refractivity contribution >= 4 is 22.9 Å². The van der Waals surface area contributed by atoms with Crippen LogP contribution in [-0.2, 0) is 16.1 Å². The van der Waals surface area contributed by atoms with Gasteiger partial charge in [-0.15, -0.1) is 0 Å². The Labute approximate surface area is 190 Å². The van der Waals surface area contributed by atoms with Crippen LogP contribution < -0.4 is 14.2 Å². The highest BCUT2D eigenvalue weighted by atomic mass is 19.1. The normalized spacial score (nSPS) is 12.8. The number of ether oxygens (including phenoxy) is 5. The smallest absolute Gasteiger partial charge is 0.493 e. The molecule has 33 heavy (non-hydrogen) atoms. The van der Waals surface area contributed by atoms with Gasteiger partial charge < -0.3 is 23.7 Å². The van der Waals surface area contributed by atoms with Crippen molar-refractivity contribution in [1.82, 2.24) is 0 Å². The van der Waals surface area contributed by atoms with Crippen molar-refractivity contribution in [3.05, 3.63) is 53.3 Å². The molecule has 0 unspecified atom stereocenters. The zero-order valence-electron chi connectivity index (χ0n) is 18.9. The lowest BCUT2D eigenvalue weighted by atomic mass is 9.89. The molecule has 0 spiro atoms. The number of carbonyl (C=O) groups excluding carboxylic acids is 2. The standard InChI is InChI=1S/C25H23FO7/c1-25(2,3)33-24(28)32-22-16-11-19(30-5)18(29-4)10-15(16)20(13-6-8-14(26)9-7-13)21-17(22)12-31-23(21)27/h6-11H,12H2,1-5H3. The van der Waals surface area contributed by atoms with E-state index < -0.39 is 23.5 Å². The largest absolute Gasteiger partial charge is 0.514 e. The Kier molecular flexibility index (Phi) is 5.61. The molecule has 0 N–H and O–H groups in total. The summed E-state index contributed by atoms with van der Waals surface area (Å²) < 4.78 is 40.8. The highest BCUT2D eigenvalue weighted by Gasteiger charge is 2.34. The first-order valence-electron chi connectivity index (χ1n) is 10.2. The van der Waals surface area contributed by atoms with Crippen LogP contribution in [-0.4, -0.2) is 31.9 Å². The lowest BCUT2D eigenvalue weighted by molar-refractivity contribution is 0.0206. The average Bonchev–Trinajstić information content (AvgIpc) is 3.13. The first-order chi connectivity index (χ1) is 15.6. The number of rotatable bonds is 4. The van der Waals surface area contributed by atoms with Gasteiger partial charge >= 0.3 is 12.1 Å². The van der Waals surface area contributed by atoms with Gasteiger partial charge in [0.2, 0.25) is 0 Å². The van der Waals surface area contributed by atoms with Crippen LogP contribution >= 0.6 is 0 Å². The second kappa shape index (κ2) is 8.27. The first-order valence-corrected chi connectivity index (χ1v) is 10.2. The Morgan fingerprint density at radius 1 is 0.970 bits per heavy atom. The van der Waals surface area contributed by atoms with E-state index >= 15 is 0 Å². The fourth-order valence-electron chi connectivity index (χ4n) is 3.80. The van der Waals surface area contributed by atoms with E-state index in [1.54, 1.807) is 45.0 Å². The van der Waals surface area contributed by atoms with Gasteiger partial charge in [0.15, 0.2) is 11.5 Å². The number of benzene rings is 3. The van der Waals surface area contributed by atoms with E-state index in [2.05, 4.69) is 0 Å². The highest BCUT2D eigenvalue weighted by molar-refractivity contribution is 6.14. The Morgan fingerprint density at radius 2 is 1.58 bits per heavy atom. The molecule has 0 aromatic heterocycles. The molecule has 3 aromatic carbocycles. The van der Waals surface area contributed by atoms with Crippen LogP contribution in [0.25, 0.3) is 21.9 Å². The van der Waals surface area contributed by atoms with Crippen molar-refractivity contribution in [1.29, 1.82) is 0 Å². The quantitative estimate of drug-likeness (QED) is 0.372. The molecular formula is C25H23FO7. The van der Waals surface area contributed by atoms with Crippen molar-refractivity contribution in [2.75, 3.05) is 14.2 Å². The molecule has 1 aliphatic rings. The van der Waals surface area contributed by atoms with Gasteiger partial charge in [-0.3, -0.25) is 0 Å². The molecule has 0 fully saturated rings. The zero-order chi connectivity index (χ0) is 23.9. The molecule has 172 valence electrons. The maximum atomic E-state index is 13.6. The van der Waals surface area contributed by atoms with Crippen molar-refractivity contribution in [2.24, 2.45) is 0 Å². The molecule has 0 radical (unpaired) electrons. The summed E-state index contributed by atoms with van der Waals surface area (Å²) in [6.07, 6.45) is -0.922. The van der Waals surface area contributed by atoms with E-state index in [0.717, 1.165) is 0 Å². The summed E-state index contributed by atoms with van der Waals surface area (Å²) in [5, 5.41) is 1.02. The van der Waals surface area contributed by atoms with E-state index in [0.29, 0.717) is 39.0 Å². The molecule has 0 saturated heterocycles. The summed E-state index contributed by atoms with van der Waals surface area (Å²) in [7, 11) is 2.97. The summed E-state index contributed by atoms with van der Waals surface area (Å²) in [5.74, 6) is -0.0504. The number of fused-ring (bicyclic) bond motifs is 2. The summed E-state index contributed by atoms with van der Waals surface area (Å²) in [4.78, 5) is 25.3. The zero-order valence-corrected chi connectivity index (χ0v) is 18.9. The number of cyclic esters (lactones) is 1. The Morgan fingerprint density at radius 3 is 2.15 bits per heavy atom. The number of hydrogen-bond donors (Lipinski definition) is 0. The third-order valence-corrected chi connectivity index (χ3v) is 5.12. The Bertz CT molecular complexity index is 1260. The summed E-state index contributed by atoms with van der Waals surface area (Å²) in [5.41, 5.74) is 0.953. The number of methoxy groups -OCH3 is 2. The molecule has 0 atom stereocenters. The first kappa shape index (κ1) is 22.4. The van der Waals surface area contributed by atoms with Gasteiger partial charge in [0.05, 0.1) is 19.8 Å². The molecule has 0 amide bonds. The van der Waals surface area contributed by atoms with Crippen molar-refractivity contribution < 1.29 is 37.7 Å². The van der Waals surface area contributed by atoms with Crippen LogP contribution in [0.15, 0.2) is 36.4 Å².